The highest BCUT2D eigenvalue weighted by Crippen LogP contribution is 2.29. The van der Waals surface area contributed by atoms with Crippen LogP contribution in [0, 0.1) is 5.82 Å². The Morgan fingerprint density at radius 3 is 3.00 bits per heavy atom. The molecule has 2 aromatic rings. The third-order valence-corrected chi connectivity index (χ3v) is 4.53. The molecule has 0 atom stereocenters. The van der Waals surface area contributed by atoms with Crippen molar-refractivity contribution < 1.29 is 9.18 Å². The summed E-state index contributed by atoms with van der Waals surface area (Å²) in [5.74, 6) is 0.789. The number of amides is 1. The summed E-state index contributed by atoms with van der Waals surface area (Å²) in [6.45, 7) is 1.62. The number of imidazole rings is 1. The van der Waals surface area contributed by atoms with Gasteiger partial charge in [-0.3, -0.25) is 4.79 Å². The third-order valence-electron chi connectivity index (χ3n) is 4.53. The van der Waals surface area contributed by atoms with Gasteiger partial charge < -0.3 is 9.47 Å². The molecule has 2 aliphatic heterocycles. The number of halogens is 1. The highest BCUT2D eigenvalue weighted by molar-refractivity contribution is 5.96. The van der Waals surface area contributed by atoms with Gasteiger partial charge in [-0.1, -0.05) is 6.07 Å². The van der Waals surface area contributed by atoms with E-state index >= 15 is 0 Å². The third kappa shape index (κ3) is 2.30. The molecular weight excluding hydrogens is 281 g/mol. The van der Waals surface area contributed by atoms with Gasteiger partial charge in [-0.05, 0) is 37.0 Å². The monoisotopic (exact) mass is 299 g/mol. The topological polar surface area (TPSA) is 38.1 Å². The molecule has 1 aromatic carbocycles. The second-order valence-corrected chi connectivity index (χ2v) is 6.04. The Labute approximate surface area is 128 Å². The summed E-state index contributed by atoms with van der Waals surface area (Å²) in [5.41, 5.74) is 2.58. The number of hydrogen-bond donors (Lipinski definition) is 0. The average Bonchev–Trinajstić information content (AvgIpc) is 3.09. The van der Waals surface area contributed by atoms with Crippen molar-refractivity contribution in [3.8, 4) is 0 Å². The Bertz CT molecular complexity index is 714. The maximum atomic E-state index is 13.4. The molecule has 0 saturated carbocycles. The Morgan fingerprint density at radius 2 is 2.14 bits per heavy atom. The Morgan fingerprint density at radius 1 is 1.23 bits per heavy atom. The lowest BCUT2D eigenvalue weighted by Gasteiger charge is -2.16. The molecule has 0 N–H and O–H groups in total. The summed E-state index contributed by atoms with van der Waals surface area (Å²) in [7, 11) is 0. The molecule has 4 rings (SSSR count). The number of rotatable bonds is 2. The SMILES string of the molecule is O=C(Cc1cn2c(n1)CCCC2)N1CCc2ccc(F)cc21. The van der Waals surface area contributed by atoms with Gasteiger partial charge in [-0.2, -0.15) is 0 Å². The summed E-state index contributed by atoms with van der Waals surface area (Å²) >= 11 is 0. The van der Waals surface area contributed by atoms with Crippen molar-refractivity contribution in [1.82, 2.24) is 9.55 Å². The number of aryl methyl sites for hydroxylation is 2. The van der Waals surface area contributed by atoms with E-state index in [4.69, 9.17) is 0 Å². The van der Waals surface area contributed by atoms with Crippen molar-refractivity contribution >= 4 is 11.6 Å². The van der Waals surface area contributed by atoms with E-state index in [1.165, 1.54) is 25.0 Å². The highest BCUT2D eigenvalue weighted by Gasteiger charge is 2.26. The minimum Gasteiger partial charge on any atom is -0.335 e. The van der Waals surface area contributed by atoms with Gasteiger partial charge in [0.25, 0.3) is 0 Å². The second kappa shape index (κ2) is 5.23. The van der Waals surface area contributed by atoms with Crippen LogP contribution in [-0.4, -0.2) is 22.0 Å². The van der Waals surface area contributed by atoms with E-state index in [1.54, 1.807) is 11.0 Å². The van der Waals surface area contributed by atoms with Crippen LogP contribution in [0.15, 0.2) is 24.4 Å². The van der Waals surface area contributed by atoms with Crippen LogP contribution in [0.4, 0.5) is 10.1 Å². The van der Waals surface area contributed by atoms with Crippen LogP contribution in [0.25, 0.3) is 0 Å². The van der Waals surface area contributed by atoms with Gasteiger partial charge in [0, 0.05) is 31.4 Å². The number of hydrogen-bond acceptors (Lipinski definition) is 2. The molecule has 114 valence electrons. The van der Waals surface area contributed by atoms with Crippen molar-refractivity contribution in [2.24, 2.45) is 0 Å². The maximum Gasteiger partial charge on any atom is 0.233 e. The van der Waals surface area contributed by atoms with Crippen LogP contribution in [0.2, 0.25) is 0 Å². The van der Waals surface area contributed by atoms with E-state index in [0.717, 1.165) is 36.5 Å². The first-order chi connectivity index (χ1) is 10.7. The van der Waals surface area contributed by atoms with Gasteiger partial charge in [0.05, 0.1) is 12.1 Å². The van der Waals surface area contributed by atoms with E-state index in [0.29, 0.717) is 12.2 Å². The van der Waals surface area contributed by atoms with Crippen LogP contribution in [0.1, 0.15) is 29.9 Å². The maximum absolute atomic E-state index is 13.4. The highest BCUT2D eigenvalue weighted by atomic mass is 19.1. The number of benzene rings is 1. The van der Waals surface area contributed by atoms with Crippen molar-refractivity contribution in [2.45, 2.75) is 38.6 Å². The van der Waals surface area contributed by atoms with E-state index in [9.17, 15) is 9.18 Å². The van der Waals surface area contributed by atoms with E-state index in [2.05, 4.69) is 9.55 Å². The Kier molecular flexibility index (Phi) is 3.21. The molecule has 1 amide bonds. The summed E-state index contributed by atoms with van der Waals surface area (Å²) in [5, 5.41) is 0. The number of aromatic nitrogens is 2. The molecule has 0 spiro atoms. The molecule has 3 heterocycles. The number of anilines is 1. The zero-order chi connectivity index (χ0) is 15.1. The summed E-state index contributed by atoms with van der Waals surface area (Å²) in [4.78, 5) is 18.8. The van der Waals surface area contributed by atoms with Gasteiger partial charge in [0.15, 0.2) is 0 Å². The molecule has 4 nitrogen and oxygen atoms in total. The van der Waals surface area contributed by atoms with Crippen LogP contribution < -0.4 is 4.90 Å². The van der Waals surface area contributed by atoms with E-state index in [-0.39, 0.29) is 18.1 Å². The summed E-state index contributed by atoms with van der Waals surface area (Å²) < 4.78 is 15.6. The van der Waals surface area contributed by atoms with E-state index in [1.807, 2.05) is 6.20 Å². The smallest absolute Gasteiger partial charge is 0.233 e. The van der Waals surface area contributed by atoms with Crippen molar-refractivity contribution in [2.75, 3.05) is 11.4 Å². The molecule has 0 fully saturated rings. The quantitative estimate of drug-likeness (QED) is 0.854. The molecule has 0 unspecified atom stereocenters. The van der Waals surface area contributed by atoms with Gasteiger partial charge in [-0.15, -0.1) is 0 Å². The first kappa shape index (κ1) is 13.5. The van der Waals surface area contributed by atoms with Crippen LogP contribution in [-0.2, 0) is 30.6 Å². The zero-order valence-corrected chi connectivity index (χ0v) is 12.4. The molecule has 22 heavy (non-hydrogen) atoms. The molecule has 2 aliphatic rings. The molecule has 5 heteroatoms. The minimum absolute atomic E-state index is 0.000188. The van der Waals surface area contributed by atoms with Crippen molar-refractivity contribution in [1.29, 1.82) is 0 Å². The normalized spacial score (nSPS) is 16.5. The van der Waals surface area contributed by atoms with Crippen molar-refractivity contribution in [3.63, 3.8) is 0 Å². The number of fused-ring (bicyclic) bond motifs is 2. The lowest BCUT2D eigenvalue weighted by molar-refractivity contribution is -0.117. The minimum atomic E-state index is -0.295. The molecule has 1 aromatic heterocycles. The number of nitrogens with zero attached hydrogens (tertiary/aromatic N) is 3. The standard InChI is InChI=1S/C17H18FN3O/c18-13-5-4-12-6-8-21(15(12)9-13)17(22)10-14-11-20-7-2-1-3-16(20)19-14/h4-5,9,11H,1-3,6-8,10H2. The largest absolute Gasteiger partial charge is 0.335 e. The zero-order valence-electron chi connectivity index (χ0n) is 12.4. The fourth-order valence-corrected chi connectivity index (χ4v) is 3.42. The van der Waals surface area contributed by atoms with Crippen LogP contribution in [0.5, 0.6) is 0 Å². The first-order valence-electron chi connectivity index (χ1n) is 7.84. The Hall–Kier alpha value is -2.17. The predicted molar refractivity (Wildman–Crippen MR) is 81.3 cm³/mol. The van der Waals surface area contributed by atoms with Gasteiger partial charge >= 0.3 is 0 Å². The summed E-state index contributed by atoms with van der Waals surface area (Å²) in [6.07, 6.45) is 6.41. The second-order valence-electron chi connectivity index (χ2n) is 6.04. The van der Waals surface area contributed by atoms with Gasteiger partial charge in [0.2, 0.25) is 5.91 Å². The summed E-state index contributed by atoms with van der Waals surface area (Å²) in [6, 6.07) is 4.68. The molecular formula is C17H18FN3O. The molecule has 0 bridgehead atoms. The molecule has 0 aliphatic carbocycles. The Balaban J connectivity index is 1.54. The lowest BCUT2D eigenvalue weighted by Crippen LogP contribution is -2.30. The van der Waals surface area contributed by atoms with E-state index < -0.39 is 0 Å². The van der Waals surface area contributed by atoms with Gasteiger partial charge in [-0.25, -0.2) is 9.37 Å². The fourth-order valence-electron chi connectivity index (χ4n) is 3.42. The number of carbonyl (C=O) groups is 1. The first-order valence-corrected chi connectivity index (χ1v) is 7.84. The number of carbonyl (C=O) groups excluding carboxylic acids is 1. The molecule has 0 radical (unpaired) electrons. The van der Waals surface area contributed by atoms with Crippen LogP contribution in [0.3, 0.4) is 0 Å². The van der Waals surface area contributed by atoms with Crippen LogP contribution >= 0.6 is 0 Å². The average molecular weight is 299 g/mol. The lowest BCUT2D eigenvalue weighted by atomic mass is 10.1. The predicted octanol–water partition coefficient (Wildman–Crippen LogP) is 2.49. The fraction of sp³-hybridized carbons (Fsp3) is 0.412. The van der Waals surface area contributed by atoms with Crippen molar-refractivity contribution in [3.05, 3.63) is 47.3 Å². The van der Waals surface area contributed by atoms with Gasteiger partial charge in [0.1, 0.15) is 11.6 Å². The molecule has 0 saturated heterocycles.